The van der Waals surface area contributed by atoms with Crippen molar-refractivity contribution in [1.82, 2.24) is 4.31 Å². The van der Waals surface area contributed by atoms with Crippen LogP contribution < -0.4 is 0 Å². The Balaban J connectivity index is 1.74. The van der Waals surface area contributed by atoms with E-state index >= 15 is 0 Å². The van der Waals surface area contributed by atoms with Crippen LogP contribution in [0.25, 0.3) is 0 Å². The summed E-state index contributed by atoms with van der Waals surface area (Å²) < 4.78 is 28.3. The van der Waals surface area contributed by atoms with Gasteiger partial charge in [0.1, 0.15) is 0 Å². The lowest BCUT2D eigenvalue weighted by atomic mass is 9.82. The lowest BCUT2D eigenvalue weighted by molar-refractivity contribution is -0.384. The highest BCUT2D eigenvalue weighted by atomic mass is 32.2. The number of benzene rings is 2. The van der Waals surface area contributed by atoms with Crippen LogP contribution in [0.15, 0.2) is 77.2 Å². The van der Waals surface area contributed by atoms with E-state index in [-0.39, 0.29) is 16.5 Å². The summed E-state index contributed by atoms with van der Waals surface area (Å²) in [4.78, 5) is 10.8. The first-order valence-corrected chi connectivity index (χ1v) is 10.4. The molecule has 7 heteroatoms. The van der Waals surface area contributed by atoms with Gasteiger partial charge < -0.3 is 0 Å². The lowest BCUT2D eigenvalue weighted by Gasteiger charge is -2.39. The Morgan fingerprint density at radius 3 is 2.36 bits per heavy atom. The highest BCUT2D eigenvalue weighted by molar-refractivity contribution is 7.89. The number of sulfonamides is 1. The van der Waals surface area contributed by atoms with E-state index in [9.17, 15) is 18.5 Å². The maximum Gasteiger partial charge on any atom is 0.269 e. The largest absolute Gasteiger partial charge is 0.269 e. The number of non-ortho nitro benzene ring substituents is 1. The van der Waals surface area contributed by atoms with Crippen LogP contribution in [-0.2, 0) is 10.0 Å². The Morgan fingerprint density at radius 1 is 1.11 bits per heavy atom. The van der Waals surface area contributed by atoms with Crippen LogP contribution in [-0.4, -0.2) is 29.7 Å². The Hall–Kier alpha value is -2.77. The van der Waals surface area contributed by atoms with E-state index in [4.69, 9.17) is 0 Å². The van der Waals surface area contributed by atoms with Gasteiger partial charge in [-0.15, -0.1) is 0 Å². The van der Waals surface area contributed by atoms with E-state index in [0.29, 0.717) is 6.54 Å². The minimum absolute atomic E-state index is 0.0159. The van der Waals surface area contributed by atoms with Gasteiger partial charge in [0.2, 0.25) is 10.0 Å². The molecule has 1 aliphatic carbocycles. The summed E-state index contributed by atoms with van der Waals surface area (Å²) in [5, 5.41) is 10.9. The van der Waals surface area contributed by atoms with Crippen molar-refractivity contribution in [3.8, 4) is 0 Å². The maximum atomic E-state index is 13.4. The Labute approximate surface area is 164 Å². The van der Waals surface area contributed by atoms with E-state index in [0.717, 1.165) is 16.7 Å². The summed E-state index contributed by atoms with van der Waals surface area (Å²) >= 11 is 0. The third-order valence-electron chi connectivity index (χ3n) is 5.73. The van der Waals surface area contributed by atoms with Crippen LogP contribution in [0.5, 0.6) is 0 Å². The smallest absolute Gasteiger partial charge is 0.258 e. The number of rotatable bonds is 4. The van der Waals surface area contributed by atoms with Gasteiger partial charge in [0.25, 0.3) is 5.69 Å². The molecule has 0 bridgehead atoms. The molecule has 0 radical (unpaired) electrons. The van der Waals surface area contributed by atoms with Gasteiger partial charge in [-0.25, -0.2) is 8.42 Å². The average molecular weight is 396 g/mol. The molecule has 2 aromatic carbocycles. The third-order valence-corrected chi connectivity index (χ3v) is 7.70. The number of nitro benzene ring substituents is 1. The molecule has 6 nitrogen and oxygen atoms in total. The highest BCUT2D eigenvalue weighted by Gasteiger charge is 2.52. The number of nitro groups is 1. The standard InChI is InChI=1S/C21H20N2O4S/c1-15-3-10-19(11-4-15)28(26,27)22-14-13-17-7-12-20(21(17,22)2)16-5-8-18(9-6-16)23(24)25/h3-13,20H,14H2,1-2H3/t20-,21+/m1/s1. The second kappa shape index (κ2) is 6.39. The predicted molar refractivity (Wildman–Crippen MR) is 107 cm³/mol. The molecule has 144 valence electrons. The zero-order valence-corrected chi connectivity index (χ0v) is 16.4. The molecular weight excluding hydrogens is 376 g/mol. The molecule has 0 fully saturated rings. The quantitative estimate of drug-likeness (QED) is 0.579. The Morgan fingerprint density at radius 2 is 1.75 bits per heavy atom. The number of fused-ring (bicyclic) bond motifs is 1. The average Bonchev–Trinajstić information content (AvgIpc) is 3.16. The molecule has 1 aliphatic heterocycles. The predicted octanol–water partition coefficient (Wildman–Crippen LogP) is 3.95. The fraction of sp³-hybridized carbons (Fsp3) is 0.238. The van der Waals surface area contributed by atoms with E-state index in [1.165, 1.54) is 16.4 Å². The van der Waals surface area contributed by atoms with Gasteiger partial charge in [0.15, 0.2) is 0 Å². The van der Waals surface area contributed by atoms with E-state index in [1.54, 1.807) is 36.4 Å². The van der Waals surface area contributed by atoms with Gasteiger partial charge in [-0.3, -0.25) is 10.1 Å². The van der Waals surface area contributed by atoms with Crippen molar-refractivity contribution in [1.29, 1.82) is 0 Å². The molecule has 0 saturated heterocycles. The zero-order valence-electron chi connectivity index (χ0n) is 15.6. The van der Waals surface area contributed by atoms with Crippen LogP contribution in [0.4, 0.5) is 5.69 Å². The van der Waals surface area contributed by atoms with Crippen LogP contribution in [0, 0.1) is 17.0 Å². The number of nitrogens with zero attached hydrogens (tertiary/aromatic N) is 2. The first-order chi connectivity index (χ1) is 13.2. The molecule has 0 amide bonds. The van der Waals surface area contributed by atoms with Gasteiger partial charge in [-0.05, 0) is 37.1 Å². The number of hydrogen-bond donors (Lipinski definition) is 0. The minimum Gasteiger partial charge on any atom is -0.258 e. The van der Waals surface area contributed by atoms with Crippen molar-refractivity contribution in [2.24, 2.45) is 0 Å². The lowest BCUT2D eigenvalue weighted by Crippen LogP contribution is -2.49. The summed E-state index contributed by atoms with van der Waals surface area (Å²) in [6, 6.07) is 13.2. The molecule has 28 heavy (non-hydrogen) atoms. The van der Waals surface area contributed by atoms with E-state index in [2.05, 4.69) is 0 Å². The molecule has 1 heterocycles. The molecule has 2 aliphatic rings. The second-order valence-electron chi connectivity index (χ2n) is 7.34. The molecule has 0 aromatic heterocycles. The molecule has 0 unspecified atom stereocenters. The van der Waals surface area contributed by atoms with Crippen molar-refractivity contribution in [2.75, 3.05) is 6.54 Å². The van der Waals surface area contributed by atoms with Crippen molar-refractivity contribution in [3.63, 3.8) is 0 Å². The molecule has 0 N–H and O–H groups in total. The monoisotopic (exact) mass is 396 g/mol. The van der Waals surface area contributed by atoms with Crippen LogP contribution in [0.3, 0.4) is 0 Å². The topological polar surface area (TPSA) is 80.5 Å². The molecule has 2 atom stereocenters. The summed E-state index contributed by atoms with van der Waals surface area (Å²) in [5.74, 6) is -0.220. The minimum atomic E-state index is -3.70. The Kier molecular flexibility index (Phi) is 4.24. The fourth-order valence-electron chi connectivity index (χ4n) is 4.10. The van der Waals surface area contributed by atoms with Gasteiger partial charge in [-0.2, -0.15) is 4.31 Å². The van der Waals surface area contributed by atoms with Crippen LogP contribution >= 0.6 is 0 Å². The molecule has 2 aromatic rings. The van der Waals surface area contributed by atoms with Gasteiger partial charge in [-0.1, -0.05) is 48.1 Å². The summed E-state index contributed by atoms with van der Waals surface area (Å²) in [6.45, 7) is 4.14. The summed E-state index contributed by atoms with van der Waals surface area (Å²) in [6.07, 6.45) is 5.87. The van der Waals surface area contributed by atoms with Gasteiger partial charge in [0, 0.05) is 24.6 Å². The Bertz CT molecular complexity index is 1100. The molecule has 0 spiro atoms. The normalized spacial score (nSPS) is 24.2. The van der Waals surface area contributed by atoms with Crippen molar-refractivity contribution in [2.45, 2.75) is 30.2 Å². The van der Waals surface area contributed by atoms with E-state index < -0.39 is 20.5 Å². The van der Waals surface area contributed by atoms with Crippen molar-refractivity contribution >= 4 is 15.7 Å². The van der Waals surface area contributed by atoms with Crippen molar-refractivity contribution in [3.05, 3.63) is 93.6 Å². The van der Waals surface area contributed by atoms with Crippen molar-refractivity contribution < 1.29 is 13.3 Å². The third kappa shape index (κ3) is 2.70. The zero-order chi connectivity index (χ0) is 20.1. The second-order valence-corrected chi connectivity index (χ2v) is 9.20. The highest BCUT2D eigenvalue weighted by Crippen LogP contribution is 2.50. The number of aryl methyl sites for hydroxylation is 1. The number of hydrogen-bond acceptors (Lipinski definition) is 4. The fourth-order valence-corrected chi connectivity index (χ4v) is 5.83. The molecular formula is C21H20N2O4S. The summed E-state index contributed by atoms with van der Waals surface area (Å²) in [5.41, 5.74) is 2.05. The van der Waals surface area contributed by atoms with Gasteiger partial charge in [0.05, 0.1) is 15.4 Å². The summed E-state index contributed by atoms with van der Waals surface area (Å²) in [7, 11) is -3.70. The molecule has 4 rings (SSSR count). The SMILES string of the molecule is Cc1ccc(S(=O)(=O)N2CC=C3C=C[C@H](c4ccc([N+](=O)[O-])cc4)[C@]32C)cc1. The maximum absolute atomic E-state index is 13.4. The van der Waals surface area contributed by atoms with Crippen LogP contribution in [0.1, 0.15) is 24.0 Å². The molecule has 0 saturated carbocycles. The first-order valence-electron chi connectivity index (χ1n) is 8.97. The van der Waals surface area contributed by atoms with E-state index in [1.807, 2.05) is 32.1 Å². The van der Waals surface area contributed by atoms with Gasteiger partial charge >= 0.3 is 0 Å². The first kappa shape index (κ1) is 18.6. The van der Waals surface area contributed by atoms with Crippen LogP contribution in [0.2, 0.25) is 0 Å².